The molecule has 0 aromatic rings. The van der Waals surface area contributed by atoms with E-state index in [0.717, 1.165) is 5.92 Å². The smallest absolute Gasteiger partial charge is 0.000199 e. The van der Waals surface area contributed by atoms with Crippen molar-refractivity contribution in [2.45, 2.75) is 25.7 Å². The van der Waals surface area contributed by atoms with Gasteiger partial charge in [0.15, 0.2) is 0 Å². The van der Waals surface area contributed by atoms with Gasteiger partial charge in [0.25, 0.3) is 0 Å². The Kier molecular flexibility index (Phi) is 1.72. The molecule has 3 unspecified atom stereocenters. The molecule has 2 rings (SSSR count). The van der Waals surface area contributed by atoms with Crippen molar-refractivity contribution in [2.75, 3.05) is 4.43 Å². The van der Waals surface area contributed by atoms with Crippen molar-refractivity contribution in [3.05, 3.63) is 0 Å². The van der Waals surface area contributed by atoms with E-state index in [0.29, 0.717) is 0 Å². The zero-order chi connectivity index (χ0) is 6.27. The lowest BCUT2D eigenvalue weighted by atomic mass is 10.0. The molecular formula is C8H13I. The molecule has 0 nitrogen and oxygen atoms in total. The zero-order valence-electron chi connectivity index (χ0n) is 5.65. The number of fused-ring (bicyclic) bond motifs is 1. The number of rotatable bonds is 2. The summed E-state index contributed by atoms with van der Waals surface area (Å²) in [5.41, 5.74) is 0. The van der Waals surface area contributed by atoms with Gasteiger partial charge in [-0.05, 0) is 47.9 Å². The highest BCUT2D eigenvalue weighted by Gasteiger charge is 2.46. The molecule has 0 amide bonds. The Morgan fingerprint density at radius 3 is 2.67 bits per heavy atom. The van der Waals surface area contributed by atoms with Gasteiger partial charge in [-0.1, -0.05) is 22.6 Å². The second-order valence-electron chi connectivity index (χ2n) is 3.47. The van der Waals surface area contributed by atoms with Crippen LogP contribution in [-0.2, 0) is 0 Å². The molecule has 0 radical (unpaired) electrons. The third kappa shape index (κ3) is 1.13. The number of alkyl halides is 1. The van der Waals surface area contributed by atoms with Gasteiger partial charge in [-0.15, -0.1) is 0 Å². The first-order chi connectivity index (χ1) is 4.42. The van der Waals surface area contributed by atoms with Crippen LogP contribution in [0, 0.1) is 17.8 Å². The Labute approximate surface area is 70.5 Å². The van der Waals surface area contributed by atoms with Crippen LogP contribution in [0.3, 0.4) is 0 Å². The molecule has 1 heteroatoms. The fourth-order valence-electron chi connectivity index (χ4n) is 2.32. The average molecular weight is 236 g/mol. The molecule has 0 bridgehead atoms. The van der Waals surface area contributed by atoms with Crippen LogP contribution in [-0.4, -0.2) is 4.43 Å². The van der Waals surface area contributed by atoms with E-state index < -0.39 is 0 Å². The third-order valence-electron chi connectivity index (χ3n) is 2.97. The number of hydrogen-bond acceptors (Lipinski definition) is 0. The Hall–Kier alpha value is 0.730. The Bertz CT molecular complexity index is 111. The van der Waals surface area contributed by atoms with Crippen LogP contribution in [0.2, 0.25) is 0 Å². The van der Waals surface area contributed by atoms with Crippen LogP contribution in [0.4, 0.5) is 0 Å². The predicted octanol–water partition coefficient (Wildman–Crippen LogP) is 2.86. The summed E-state index contributed by atoms with van der Waals surface area (Å²) in [4.78, 5) is 0. The van der Waals surface area contributed by atoms with E-state index in [1.807, 2.05) is 0 Å². The molecule has 2 fully saturated rings. The average Bonchev–Trinajstić information content (AvgIpc) is 2.54. The highest BCUT2D eigenvalue weighted by Crippen LogP contribution is 2.56. The molecule has 52 valence electrons. The molecule has 2 saturated carbocycles. The zero-order valence-corrected chi connectivity index (χ0v) is 7.80. The van der Waals surface area contributed by atoms with Gasteiger partial charge in [0.1, 0.15) is 0 Å². The Morgan fingerprint density at radius 1 is 1.33 bits per heavy atom. The summed E-state index contributed by atoms with van der Waals surface area (Å²) in [6, 6.07) is 0. The van der Waals surface area contributed by atoms with E-state index in [1.165, 1.54) is 22.7 Å². The fourth-order valence-corrected chi connectivity index (χ4v) is 3.12. The molecule has 3 atom stereocenters. The van der Waals surface area contributed by atoms with E-state index in [4.69, 9.17) is 0 Å². The van der Waals surface area contributed by atoms with Crippen molar-refractivity contribution in [3.63, 3.8) is 0 Å². The quantitative estimate of drug-likeness (QED) is 0.510. The number of halogens is 1. The van der Waals surface area contributed by atoms with Crippen LogP contribution in [0.1, 0.15) is 25.7 Å². The Balaban J connectivity index is 1.84. The van der Waals surface area contributed by atoms with Gasteiger partial charge in [0.05, 0.1) is 0 Å². The topological polar surface area (TPSA) is 0 Å². The lowest BCUT2D eigenvalue weighted by Crippen LogP contribution is -1.98. The van der Waals surface area contributed by atoms with E-state index in [9.17, 15) is 0 Å². The van der Waals surface area contributed by atoms with E-state index in [-0.39, 0.29) is 0 Å². The van der Waals surface area contributed by atoms with E-state index in [2.05, 4.69) is 22.6 Å². The molecule has 0 saturated heterocycles. The number of hydrogen-bond donors (Lipinski definition) is 0. The molecule has 0 aromatic heterocycles. The minimum atomic E-state index is 1.15. The largest absolute Gasteiger partial charge is 0.0864 e. The molecule has 0 spiro atoms. The summed E-state index contributed by atoms with van der Waals surface area (Å²) < 4.78 is 1.38. The summed E-state index contributed by atoms with van der Waals surface area (Å²) in [5.74, 6) is 3.53. The summed E-state index contributed by atoms with van der Waals surface area (Å²) in [7, 11) is 0. The van der Waals surface area contributed by atoms with Gasteiger partial charge >= 0.3 is 0 Å². The van der Waals surface area contributed by atoms with Gasteiger partial charge in [0.2, 0.25) is 0 Å². The van der Waals surface area contributed by atoms with Crippen LogP contribution < -0.4 is 0 Å². The van der Waals surface area contributed by atoms with Crippen molar-refractivity contribution in [1.29, 1.82) is 0 Å². The van der Waals surface area contributed by atoms with Gasteiger partial charge < -0.3 is 0 Å². The molecule has 0 N–H and O–H groups in total. The monoisotopic (exact) mass is 236 g/mol. The molecule has 0 heterocycles. The van der Waals surface area contributed by atoms with Gasteiger partial charge in [0, 0.05) is 0 Å². The summed E-state index contributed by atoms with van der Waals surface area (Å²) in [5, 5.41) is 0. The highest BCUT2D eigenvalue weighted by molar-refractivity contribution is 14.1. The molecule has 2 aliphatic carbocycles. The maximum Gasteiger partial charge on any atom is -0.000199 e. The summed E-state index contributed by atoms with van der Waals surface area (Å²) >= 11 is 2.51. The second kappa shape index (κ2) is 2.40. The maximum absolute atomic E-state index is 2.51. The van der Waals surface area contributed by atoms with E-state index >= 15 is 0 Å². The van der Waals surface area contributed by atoms with Crippen molar-refractivity contribution < 1.29 is 0 Å². The summed E-state index contributed by atoms with van der Waals surface area (Å²) in [6.45, 7) is 0. The second-order valence-corrected chi connectivity index (χ2v) is 4.55. The van der Waals surface area contributed by atoms with Crippen LogP contribution in [0.5, 0.6) is 0 Å². The van der Waals surface area contributed by atoms with Gasteiger partial charge in [-0.2, -0.15) is 0 Å². The van der Waals surface area contributed by atoms with Crippen molar-refractivity contribution >= 4 is 22.6 Å². The van der Waals surface area contributed by atoms with Crippen molar-refractivity contribution in [1.82, 2.24) is 0 Å². The first-order valence-corrected chi connectivity index (χ1v) is 5.50. The van der Waals surface area contributed by atoms with Crippen molar-refractivity contribution in [2.24, 2.45) is 17.8 Å². The molecule has 2 aliphatic rings. The standard InChI is InChI=1S/C8H13I/c9-4-3-6-1-2-7-5-8(6)7/h6-8H,1-5H2. The van der Waals surface area contributed by atoms with Crippen LogP contribution in [0.25, 0.3) is 0 Å². The first kappa shape index (κ1) is 6.44. The highest BCUT2D eigenvalue weighted by atomic mass is 127. The molecular weight excluding hydrogens is 223 g/mol. The van der Waals surface area contributed by atoms with E-state index in [1.54, 1.807) is 19.3 Å². The minimum Gasteiger partial charge on any atom is -0.0864 e. The minimum absolute atomic E-state index is 1.15. The SMILES string of the molecule is ICCC1CCC2CC12. The summed E-state index contributed by atoms with van der Waals surface area (Å²) in [6.07, 6.45) is 6.20. The molecule has 0 aliphatic heterocycles. The molecule has 9 heavy (non-hydrogen) atoms. The third-order valence-corrected chi connectivity index (χ3v) is 3.59. The lowest BCUT2D eigenvalue weighted by molar-refractivity contribution is 0.471. The van der Waals surface area contributed by atoms with Crippen molar-refractivity contribution in [3.8, 4) is 0 Å². The lowest BCUT2D eigenvalue weighted by Gasteiger charge is -2.07. The van der Waals surface area contributed by atoms with Crippen LogP contribution in [0.15, 0.2) is 0 Å². The normalized spacial score (nSPS) is 47.0. The maximum atomic E-state index is 2.51. The van der Waals surface area contributed by atoms with Crippen LogP contribution >= 0.6 is 22.6 Å². The Morgan fingerprint density at radius 2 is 2.22 bits per heavy atom. The van der Waals surface area contributed by atoms with Gasteiger partial charge in [-0.3, -0.25) is 0 Å². The predicted molar refractivity (Wildman–Crippen MR) is 47.8 cm³/mol. The van der Waals surface area contributed by atoms with Gasteiger partial charge in [-0.25, -0.2) is 0 Å². The fraction of sp³-hybridized carbons (Fsp3) is 1.00. The first-order valence-electron chi connectivity index (χ1n) is 3.98. The molecule has 0 aromatic carbocycles.